The summed E-state index contributed by atoms with van der Waals surface area (Å²) in [5.74, 6) is -0.212. The van der Waals surface area contributed by atoms with Crippen LogP contribution in [0.4, 0.5) is 13.2 Å². The molecule has 11 heteroatoms. The molecule has 2 amide bonds. The summed E-state index contributed by atoms with van der Waals surface area (Å²) in [6, 6.07) is 3.39. The van der Waals surface area contributed by atoms with Crippen molar-refractivity contribution in [3.8, 4) is 0 Å². The van der Waals surface area contributed by atoms with Gasteiger partial charge in [0.05, 0.1) is 17.0 Å². The van der Waals surface area contributed by atoms with Crippen molar-refractivity contribution < 1.29 is 31.2 Å². The highest BCUT2D eigenvalue weighted by molar-refractivity contribution is 7.89. The maximum absolute atomic E-state index is 13.5. The minimum Gasteiger partial charge on any atom is -0.369 e. The molecule has 1 aromatic carbocycles. The SMILES string of the molecule is NC(=O)C12CC3CC(C1)C(NC(=O)CN(C1CC1)S(=O)(=O)c1ccccc1C(F)(F)F)C(C3)C2. The lowest BCUT2D eigenvalue weighted by Gasteiger charge is -2.58. The second kappa shape index (κ2) is 7.94. The van der Waals surface area contributed by atoms with Gasteiger partial charge in [-0.25, -0.2) is 8.42 Å². The van der Waals surface area contributed by atoms with Crippen LogP contribution >= 0.6 is 0 Å². The minimum absolute atomic E-state index is 0.0969. The van der Waals surface area contributed by atoms with Gasteiger partial charge in [0, 0.05) is 17.5 Å². The Morgan fingerprint density at radius 1 is 1.09 bits per heavy atom. The average molecular weight is 500 g/mol. The predicted molar refractivity (Wildman–Crippen MR) is 115 cm³/mol. The van der Waals surface area contributed by atoms with E-state index in [1.807, 2.05) is 0 Å². The number of benzene rings is 1. The molecule has 0 radical (unpaired) electrons. The monoisotopic (exact) mass is 499 g/mol. The Kier molecular flexibility index (Phi) is 5.51. The number of nitrogens with one attached hydrogen (secondary N) is 1. The summed E-state index contributed by atoms with van der Waals surface area (Å²) in [5, 5.41) is 2.98. The molecule has 5 aliphatic rings. The third-order valence-electron chi connectivity index (χ3n) is 8.16. The summed E-state index contributed by atoms with van der Waals surface area (Å²) < 4.78 is 67.9. The Morgan fingerprint density at radius 3 is 2.26 bits per heavy atom. The number of nitrogens with two attached hydrogens (primary N) is 1. The van der Waals surface area contributed by atoms with Gasteiger partial charge in [-0.15, -0.1) is 0 Å². The van der Waals surface area contributed by atoms with Crippen molar-refractivity contribution in [2.24, 2.45) is 28.9 Å². The second-order valence-electron chi connectivity index (χ2n) is 10.5. The molecule has 0 saturated heterocycles. The average Bonchev–Trinajstić information content (AvgIpc) is 3.58. The number of sulfonamides is 1. The number of halogens is 3. The van der Waals surface area contributed by atoms with Gasteiger partial charge in [-0.05, 0) is 74.8 Å². The molecule has 3 N–H and O–H groups in total. The zero-order valence-electron chi connectivity index (χ0n) is 18.6. The van der Waals surface area contributed by atoms with Gasteiger partial charge in [0.2, 0.25) is 21.8 Å². The lowest BCUT2D eigenvalue weighted by atomic mass is 9.47. The van der Waals surface area contributed by atoms with Gasteiger partial charge in [-0.3, -0.25) is 9.59 Å². The molecule has 0 spiro atoms. The van der Waals surface area contributed by atoms with Gasteiger partial charge < -0.3 is 11.1 Å². The molecular formula is C23H28F3N3O4S. The molecule has 5 fully saturated rings. The summed E-state index contributed by atoms with van der Waals surface area (Å²) >= 11 is 0. The van der Waals surface area contributed by atoms with Crippen LogP contribution in [0.3, 0.4) is 0 Å². The van der Waals surface area contributed by atoms with Crippen molar-refractivity contribution >= 4 is 21.8 Å². The molecular weight excluding hydrogens is 471 g/mol. The molecule has 5 aliphatic carbocycles. The quantitative estimate of drug-likeness (QED) is 0.601. The molecule has 2 atom stereocenters. The van der Waals surface area contributed by atoms with E-state index < -0.39 is 50.6 Å². The van der Waals surface area contributed by atoms with Crippen LogP contribution in [0.15, 0.2) is 29.2 Å². The van der Waals surface area contributed by atoms with Crippen LogP contribution < -0.4 is 11.1 Å². The van der Waals surface area contributed by atoms with Crippen molar-refractivity contribution in [1.82, 2.24) is 9.62 Å². The van der Waals surface area contributed by atoms with E-state index in [1.165, 1.54) is 6.07 Å². The van der Waals surface area contributed by atoms with E-state index >= 15 is 0 Å². The van der Waals surface area contributed by atoms with Gasteiger partial charge >= 0.3 is 6.18 Å². The van der Waals surface area contributed by atoms with Gasteiger partial charge in [0.25, 0.3) is 0 Å². The van der Waals surface area contributed by atoms with Crippen LogP contribution in [0.25, 0.3) is 0 Å². The lowest BCUT2D eigenvalue weighted by molar-refractivity contribution is -0.147. The molecule has 5 saturated carbocycles. The Balaban J connectivity index is 1.34. The maximum Gasteiger partial charge on any atom is 0.417 e. The van der Waals surface area contributed by atoms with E-state index in [-0.39, 0.29) is 23.8 Å². The van der Waals surface area contributed by atoms with Crippen molar-refractivity contribution in [1.29, 1.82) is 0 Å². The third-order valence-corrected chi connectivity index (χ3v) is 10.1. The highest BCUT2D eigenvalue weighted by Crippen LogP contribution is 2.59. The summed E-state index contributed by atoms with van der Waals surface area (Å²) in [4.78, 5) is 24.3. The molecule has 186 valence electrons. The van der Waals surface area contributed by atoms with Crippen molar-refractivity contribution in [2.45, 2.75) is 68.1 Å². The molecule has 7 nitrogen and oxygen atoms in total. The number of nitrogens with zero attached hydrogens (tertiary/aromatic N) is 1. The molecule has 0 aromatic heterocycles. The molecule has 0 heterocycles. The van der Waals surface area contributed by atoms with Crippen LogP contribution in [0, 0.1) is 23.2 Å². The number of hydrogen-bond acceptors (Lipinski definition) is 4. The first-order valence-corrected chi connectivity index (χ1v) is 13.1. The highest BCUT2D eigenvalue weighted by atomic mass is 32.2. The fourth-order valence-corrected chi connectivity index (χ4v) is 8.62. The van der Waals surface area contributed by atoms with E-state index in [1.54, 1.807) is 0 Å². The largest absolute Gasteiger partial charge is 0.417 e. The molecule has 0 aliphatic heterocycles. The van der Waals surface area contributed by atoms with Crippen LogP contribution in [0.1, 0.15) is 50.5 Å². The fraction of sp³-hybridized carbons (Fsp3) is 0.652. The fourth-order valence-electron chi connectivity index (χ4n) is 6.76. The topological polar surface area (TPSA) is 110 Å². The van der Waals surface area contributed by atoms with E-state index in [2.05, 4.69) is 5.32 Å². The number of hydrogen-bond donors (Lipinski definition) is 2. The standard InChI is InChI=1S/C23H28F3N3O4S/c24-23(25,26)17-3-1-2-4-18(17)34(32,33)29(16-5-6-16)12-19(30)28-20-14-7-13-8-15(20)11-22(9-13,10-14)21(27)31/h1-4,13-16,20H,5-12H2,(H2,27,31)(H,28,30). The van der Waals surface area contributed by atoms with Crippen molar-refractivity contribution in [3.05, 3.63) is 29.8 Å². The lowest BCUT2D eigenvalue weighted by Crippen LogP contribution is -2.62. The minimum atomic E-state index is -4.84. The second-order valence-corrected chi connectivity index (χ2v) is 12.3. The Hall–Kier alpha value is -2.14. The number of carbonyl (C=O) groups excluding carboxylic acids is 2. The maximum atomic E-state index is 13.5. The van der Waals surface area contributed by atoms with Crippen LogP contribution in [-0.4, -0.2) is 43.2 Å². The number of rotatable bonds is 7. The van der Waals surface area contributed by atoms with Crippen LogP contribution in [0.2, 0.25) is 0 Å². The Morgan fingerprint density at radius 2 is 1.71 bits per heavy atom. The first-order chi connectivity index (χ1) is 15.9. The normalized spacial score (nSPS) is 32.7. The van der Waals surface area contributed by atoms with Crippen molar-refractivity contribution in [3.63, 3.8) is 0 Å². The summed E-state index contributed by atoms with van der Waals surface area (Å²) in [6.45, 7) is -0.528. The van der Waals surface area contributed by atoms with Crippen LogP contribution in [-0.2, 0) is 25.8 Å². The van der Waals surface area contributed by atoms with E-state index in [4.69, 9.17) is 5.73 Å². The zero-order valence-corrected chi connectivity index (χ0v) is 19.4. The predicted octanol–water partition coefficient (Wildman–Crippen LogP) is 2.65. The summed E-state index contributed by atoms with van der Waals surface area (Å²) in [6.07, 6.45) is -0.0372. The van der Waals surface area contributed by atoms with Gasteiger partial charge in [0.1, 0.15) is 0 Å². The van der Waals surface area contributed by atoms with E-state index in [9.17, 15) is 31.2 Å². The van der Waals surface area contributed by atoms with Crippen LogP contribution in [0.5, 0.6) is 0 Å². The Bertz CT molecular complexity index is 1100. The molecule has 2 unspecified atom stereocenters. The van der Waals surface area contributed by atoms with Gasteiger partial charge in [-0.2, -0.15) is 17.5 Å². The summed E-state index contributed by atoms with van der Waals surface area (Å²) in [7, 11) is -4.54. The molecule has 1 aromatic rings. The zero-order chi connectivity index (χ0) is 24.5. The molecule has 4 bridgehead atoms. The number of alkyl halides is 3. The third kappa shape index (κ3) is 4.00. The van der Waals surface area contributed by atoms with Gasteiger partial charge in [-0.1, -0.05) is 12.1 Å². The Labute approximate surface area is 196 Å². The van der Waals surface area contributed by atoms with Gasteiger partial charge in [0.15, 0.2) is 0 Å². The number of amides is 2. The van der Waals surface area contributed by atoms with E-state index in [0.717, 1.165) is 41.8 Å². The van der Waals surface area contributed by atoms with Crippen molar-refractivity contribution in [2.75, 3.05) is 6.54 Å². The first kappa shape index (κ1) is 23.6. The highest BCUT2D eigenvalue weighted by Gasteiger charge is 2.58. The molecule has 34 heavy (non-hydrogen) atoms. The summed E-state index contributed by atoms with van der Waals surface area (Å²) in [5.41, 5.74) is 3.96. The smallest absolute Gasteiger partial charge is 0.369 e. The number of carbonyl (C=O) groups is 2. The van der Waals surface area contributed by atoms with E-state index in [0.29, 0.717) is 31.6 Å². The molecule has 6 rings (SSSR count). The number of primary amides is 1. The first-order valence-electron chi connectivity index (χ1n) is 11.7.